The van der Waals surface area contributed by atoms with Crippen LogP contribution in [-0.4, -0.2) is 13.2 Å². The van der Waals surface area contributed by atoms with Gasteiger partial charge in [0.05, 0.1) is 0 Å². The highest BCUT2D eigenvalue weighted by atomic mass is 35.5. The number of ether oxygens (including phenoxy) is 1. The Morgan fingerprint density at radius 2 is 2.17 bits per heavy atom. The second kappa shape index (κ2) is 8.02. The molecule has 0 heterocycles. The maximum absolute atomic E-state index is 6.01. The Balaban J connectivity index is 2.66. The molecule has 1 N–H and O–H groups in total. The lowest BCUT2D eigenvalue weighted by Crippen LogP contribution is -2.19. The molecule has 1 aromatic carbocycles. The van der Waals surface area contributed by atoms with Crippen molar-refractivity contribution in [2.75, 3.05) is 13.2 Å². The molecule has 0 unspecified atom stereocenters. The number of halogens is 1. The van der Waals surface area contributed by atoms with Gasteiger partial charge in [0.15, 0.2) is 0 Å². The minimum absolute atomic E-state index is 0.412. The number of benzene rings is 1. The van der Waals surface area contributed by atoms with E-state index >= 15 is 0 Å². The Kier molecular flexibility index (Phi) is 6.64. The fraction of sp³-hybridized carbons (Fsp3) is 0.467. The highest BCUT2D eigenvalue weighted by molar-refractivity contribution is 6.30. The Labute approximate surface area is 115 Å². The molecular weight excluding hydrogens is 246 g/mol. The van der Waals surface area contributed by atoms with E-state index in [1.807, 2.05) is 18.2 Å². The van der Waals surface area contributed by atoms with Gasteiger partial charge in [-0.2, -0.15) is 0 Å². The molecular formula is C15H20ClNO. The molecule has 2 nitrogen and oxygen atoms in total. The van der Waals surface area contributed by atoms with Crippen LogP contribution < -0.4 is 10.1 Å². The van der Waals surface area contributed by atoms with E-state index in [4.69, 9.17) is 16.3 Å². The topological polar surface area (TPSA) is 21.3 Å². The maximum atomic E-state index is 6.01. The quantitative estimate of drug-likeness (QED) is 0.795. The van der Waals surface area contributed by atoms with Crippen LogP contribution >= 0.6 is 11.6 Å². The fourth-order valence-corrected chi connectivity index (χ4v) is 1.70. The van der Waals surface area contributed by atoms with Crippen molar-refractivity contribution in [1.82, 2.24) is 5.32 Å². The number of rotatable bonds is 6. The molecule has 98 valence electrons. The zero-order valence-corrected chi connectivity index (χ0v) is 12.0. The second-order valence-electron chi connectivity index (χ2n) is 4.49. The predicted octanol–water partition coefficient (Wildman–Crippen LogP) is 3.49. The van der Waals surface area contributed by atoms with Crippen LogP contribution in [0.2, 0.25) is 5.02 Å². The third-order valence-electron chi connectivity index (χ3n) is 2.37. The van der Waals surface area contributed by atoms with Gasteiger partial charge in [-0.1, -0.05) is 31.4 Å². The Morgan fingerprint density at radius 1 is 1.39 bits per heavy atom. The summed E-state index contributed by atoms with van der Waals surface area (Å²) in [5, 5.41) is 4.11. The van der Waals surface area contributed by atoms with Gasteiger partial charge in [0.25, 0.3) is 0 Å². The lowest BCUT2D eigenvalue weighted by molar-refractivity contribution is 0.364. The molecule has 1 rings (SSSR count). The van der Waals surface area contributed by atoms with Crippen molar-refractivity contribution in [1.29, 1.82) is 0 Å². The number of hydrogen-bond acceptors (Lipinski definition) is 2. The third kappa shape index (κ3) is 5.44. The summed E-state index contributed by atoms with van der Waals surface area (Å²) in [4.78, 5) is 0. The van der Waals surface area contributed by atoms with Gasteiger partial charge in [-0.05, 0) is 37.6 Å². The van der Waals surface area contributed by atoms with Crippen LogP contribution in [0, 0.1) is 17.8 Å². The summed E-state index contributed by atoms with van der Waals surface area (Å²) >= 11 is 6.01. The summed E-state index contributed by atoms with van der Waals surface area (Å²) in [5.41, 5.74) is 1.07. The molecule has 0 aromatic heterocycles. The van der Waals surface area contributed by atoms with E-state index < -0.39 is 0 Å². The van der Waals surface area contributed by atoms with Crippen LogP contribution in [0.15, 0.2) is 18.2 Å². The Bertz CT molecular complexity index is 432. The summed E-state index contributed by atoms with van der Waals surface area (Å²) in [6, 6.07) is 5.66. The maximum Gasteiger partial charge on any atom is 0.149 e. The molecule has 0 aliphatic rings. The van der Waals surface area contributed by atoms with Crippen LogP contribution in [0.1, 0.15) is 26.3 Å². The number of hydrogen-bond donors (Lipinski definition) is 1. The van der Waals surface area contributed by atoms with Crippen LogP contribution in [0.5, 0.6) is 5.75 Å². The van der Waals surface area contributed by atoms with Crippen molar-refractivity contribution in [2.45, 2.75) is 27.3 Å². The molecule has 0 atom stereocenters. The van der Waals surface area contributed by atoms with Gasteiger partial charge in [0, 0.05) is 17.1 Å². The fourth-order valence-electron chi connectivity index (χ4n) is 1.51. The predicted molar refractivity (Wildman–Crippen MR) is 76.9 cm³/mol. The van der Waals surface area contributed by atoms with E-state index in [-0.39, 0.29) is 0 Å². The lowest BCUT2D eigenvalue weighted by atomic mass is 10.2. The van der Waals surface area contributed by atoms with Gasteiger partial charge in [-0.25, -0.2) is 0 Å². The molecule has 0 aliphatic carbocycles. The minimum Gasteiger partial charge on any atom is -0.481 e. The summed E-state index contributed by atoms with van der Waals surface area (Å²) < 4.78 is 5.62. The highest BCUT2D eigenvalue weighted by Gasteiger charge is 2.04. The molecule has 0 amide bonds. The summed E-state index contributed by atoms with van der Waals surface area (Å²) in [5.74, 6) is 7.17. The molecule has 0 spiro atoms. The van der Waals surface area contributed by atoms with Gasteiger partial charge in [-0.3, -0.25) is 0 Å². The van der Waals surface area contributed by atoms with Crippen molar-refractivity contribution in [3.05, 3.63) is 28.8 Å². The van der Waals surface area contributed by atoms with Crippen LogP contribution in [0.25, 0.3) is 0 Å². The first-order chi connectivity index (χ1) is 8.63. The van der Waals surface area contributed by atoms with E-state index in [1.54, 1.807) is 6.92 Å². The average Bonchev–Trinajstić information content (AvgIpc) is 2.31. The van der Waals surface area contributed by atoms with Crippen molar-refractivity contribution >= 4 is 11.6 Å². The summed E-state index contributed by atoms with van der Waals surface area (Å²) in [6.07, 6.45) is 0. The third-order valence-corrected chi connectivity index (χ3v) is 2.60. The van der Waals surface area contributed by atoms with Gasteiger partial charge in [0.2, 0.25) is 0 Å². The van der Waals surface area contributed by atoms with Crippen molar-refractivity contribution in [3.8, 4) is 17.6 Å². The summed E-state index contributed by atoms with van der Waals surface area (Å²) in [6.45, 7) is 8.30. The minimum atomic E-state index is 0.412. The lowest BCUT2D eigenvalue weighted by Gasteiger charge is -2.12. The summed E-state index contributed by atoms with van der Waals surface area (Å²) in [7, 11) is 0. The first-order valence-corrected chi connectivity index (χ1v) is 6.52. The van der Waals surface area contributed by atoms with E-state index in [2.05, 4.69) is 31.0 Å². The molecule has 18 heavy (non-hydrogen) atoms. The molecule has 0 saturated heterocycles. The van der Waals surface area contributed by atoms with Gasteiger partial charge in [-0.15, -0.1) is 5.92 Å². The first-order valence-electron chi connectivity index (χ1n) is 6.15. The van der Waals surface area contributed by atoms with Gasteiger partial charge < -0.3 is 10.1 Å². The van der Waals surface area contributed by atoms with Crippen molar-refractivity contribution in [2.24, 2.45) is 5.92 Å². The zero-order chi connectivity index (χ0) is 13.4. The zero-order valence-electron chi connectivity index (χ0n) is 11.2. The molecule has 0 aliphatic heterocycles. The standard InChI is InChI=1S/C15H20ClNO/c1-4-5-8-18-15-7-6-14(16)9-13(15)11-17-10-12(2)3/h6-7,9,12,17H,8,10-11H2,1-3H3. The van der Waals surface area contributed by atoms with Crippen LogP contribution in [-0.2, 0) is 6.54 Å². The monoisotopic (exact) mass is 265 g/mol. The SMILES string of the molecule is CC#CCOc1ccc(Cl)cc1CNCC(C)C. The molecule has 3 heteroatoms. The molecule has 0 fully saturated rings. The molecule has 0 saturated carbocycles. The Hall–Kier alpha value is -1.17. The van der Waals surface area contributed by atoms with E-state index in [9.17, 15) is 0 Å². The van der Waals surface area contributed by atoms with Gasteiger partial charge in [0.1, 0.15) is 12.4 Å². The number of nitrogens with one attached hydrogen (secondary N) is 1. The van der Waals surface area contributed by atoms with E-state index in [0.717, 1.165) is 29.4 Å². The van der Waals surface area contributed by atoms with E-state index in [0.29, 0.717) is 12.5 Å². The molecule has 0 radical (unpaired) electrons. The van der Waals surface area contributed by atoms with Crippen molar-refractivity contribution < 1.29 is 4.74 Å². The van der Waals surface area contributed by atoms with Crippen LogP contribution in [0.3, 0.4) is 0 Å². The Morgan fingerprint density at radius 3 is 2.83 bits per heavy atom. The average molecular weight is 266 g/mol. The second-order valence-corrected chi connectivity index (χ2v) is 4.93. The van der Waals surface area contributed by atoms with Crippen molar-refractivity contribution in [3.63, 3.8) is 0 Å². The van der Waals surface area contributed by atoms with Crippen LogP contribution in [0.4, 0.5) is 0 Å². The largest absolute Gasteiger partial charge is 0.481 e. The smallest absolute Gasteiger partial charge is 0.149 e. The van der Waals surface area contributed by atoms with E-state index in [1.165, 1.54) is 0 Å². The normalized spacial score (nSPS) is 10.1. The first kappa shape index (κ1) is 14.9. The molecule has 0 bridgehead atoms. The van der Waals surface area contributed by atoms with Gasteiger partial charge >= 0.3 is 0 Å². The highest BCUT2D eigenvalue weighted by Crippen LogP contribution is 2.22. The molecule has 1 aromatic rings.